The average Bonchev–Trinajstić information content (AvgIpc) is 3.09. The SMILES string of the molecule is CCCCCC1(Cn2cncn2)OCc2ccccc21. The van der Waals surface area contributed by atoms with E-state index in [-0.39, 0.29) is 5.60 Å². The highest BCUT2D eigenvalue weighted by molar-refractivity contribution is 5.35. The van der Waals surface area contributed by atoms with E-state index < -0.39 is 0 Å². The summed E-state index contributed by atoms with van der Waals surface area (Å²) >= 11 is 0. The van der Waals surface area contributed by atoms with Gasteiger partial charge in [-0.1, -0.05) is 50.5 Å². The van der Waals surface area contributed by atoms with E-state index in [0.29, 0.717) is 6.61 Å². The van der Waals surface area contributed by atoms with Crippen molar-refractivity contribution in [2.45, 2.75) is 51.4 Å². The number of nitrogens with zero attached hydrogens (tertiary/aromatic N) is 3. The van der Waals surface area contributed by atoms with Crippen LogP contribution in [0.25, 0.3) is 0 Å². The molecule has 0 amide bonds. The summed E-state index contributed by atoms with van der Waals surface area (Å²) in [6, 6.07) is 8.55. The van der Waals surface area contributed by atoms with Gasteiger partial charge in [-0.15, -0.1) is 0 Å². The molecule has 0 aliphatic carbocycles. The van der Waals surface area contributed by atoms with Gasteiger partial charge < -0.3 is 4.74 Å². The van der Waals surface area contributed by atoms with E-state index in [0.717, 1.165) is 13.0 Å². The van der Waals surface area contributed by atoms with Gasteiger partial charge in [-0.2, -0.15) is 5.10 Å². The Hall–Kier alpha value is -1.68. The molecule has 1 unspecified atom stereocenters. The summed E-state index contributed by atoms with van der Waals surface area (Å²) < 4.78 is 8.13. The highest BCUT2D eigenvalue weighted by atomic mass is 16.5. The highest BCUT2D eigenvalue weighted by Crippen LogP contribution is 2.41. The highest BCUT2D eigenvalue weighted by Gasteiger charge is 2.39. The van der Waals surface area contributed by atoms with E-state index in [4.69, 9.17) is 4.74 Å². The van der Waals surface area contributed by atoms with Crippen molar-refractivity contribution in [2.24, 2.45) is 0 Å². The first-order valence-electron chi connectivity index (χ1n) is 7.39. The molecule has 1 aromatic heterocycles. The summed E-state index contributed by atoms with van der Waals surface area (Å²) in [6.45, 7) is 3.68. The van der Waals surface area contributed by atoms with Crippen molar-refractivity contribution in [3.05, 3.63) is 48.0 Å². The van der Waals surface area contributed by atoms with Crippen LogP contribution in [-0.2, 0) is 23.5 Å². The number of hydrogen-bond acceptors (Lipinski definition) is 3. The maximum absolute atomic E-state index is 6.24. The molecule has 20 heavy (non-hydrogen) atoms. The normalized spacial score (nSPS) is 21.1. The Kier molecular flexibility index (Phi) is 3.83. The maximum Gasteiger partial charge on any atom is 0.137 e. The van der Waals surface area contributed by atoms with Crippen LogP contribution in [0.3, 0.4) is 0 Å². The van der Waals surface area contributed by atoms with Crippen LogP contribution in [0.15, 0.2) is 36.9 Å². The molecule has 2 aromatic rings. The molecular formula is C16H21N3O. The van der Waals surface area contributed by atoms with Crippen LogP contribution in [0.5, 0.6) is 0 Å². The molecular weight excluding hydrogens is 250 g/mol. The Morgan fingerprint density at radius 2 is 2.20 bits per heavy atom. The van der Waals surface area contributed by atoms with Gasteiger partial charge in [0.1, 0.15) is 18.3 Å². The number of rotatable bonds is 6. The lowest BCUT2D eigenvalue weighted by molar-refractivity contribution is -0.0608. The molecule has 1 aromatic carbocycles. The van der Waals surface area contributed by atoms with E-state index >= 15 is 0 Å². The van der Waals surface area contributed by atoms with Gasteiger partial charge in [-0.05, 0) is 17.5 Å². The number of hydrogen-bond donors (Lipinski definition) is 0. The first kappa shape index (κ1) is 13.3. The van der Waals surface area contributed by atoms with Crippen molar-refractivity contribution in [3.63, 3.8) is 0 Å². The second-order valence-corrected chi connectivity index (χ2v) is 5.49. The van der Waals surface area contributed by atoms with Crippen LogP contribution in [0.2, 0.25) is 0 Å². The van der Waals surface area contributed by atoms with Gasteiger partial charge in [0.2, 0.25) is 0 Å². The van der Waals surface area contributed by atoms with Crippen molar-refractivity contribution in [1.82, 2.24) is 14.8 Å². The summed E-state index contributed by atoms with van der Waals surface area (Å²) in [5.74, 6) is 0. The minimum Gasteiger partial charge on any atom is -0.364 e. The third kappa shape index (κ3) is 2.48. The van der Waals surface area contributed by atoms with E-state index in [1.165, 1.54) is 30.4 Å². The van der Waals surface area contributed by atoms with Crippen molar-refractivity contribution >= 4 is 0 Å². The summed E-state index contributed by atoms with van der Waals surface area (Å²) in [6.07, 6.45) is 8.04. The summed E-state index contributed by atoms with van der Waals surface area (Å²) in [7, 11) is 0. The minimum absolute atomic E-state index is 0.237. The summed E-state index contributed by atoms with van der Waals surface area (Å²) in [5, 5.41) is 4.25. The molecule has 4 heteroatoms. The van der Waals surface area contributed by atoms with E-state index in [9.17, 15) is 0 Å². The van der Waals surface area contributed by atoms with Crippen LogP contribution in [-0.4, -0.2) is 14.8 Å². The van der Waals surface area contributed by atoms with Gasteiger partial charge in [0.25, 0.3) is 0 Å². The standard InChI is InChI=1S/C16H21N3O/c1-2-3-6-9-16(11-19-13-17-12-18-19)15-8-5-4-7-14(15)10-20-16/h4-5,7-8,12-13H,2-3,6,9-11H2,1H3. The summed E-state index contributed by atoms with van der Waals surface area (Å²) in [4.78, 5) is 4.04. The smallest absolute Gasteiger partial charge is 0.137 e. The second kappa shape index (κ2) is 5.75. The Bertz CT molecular complexity index is 553. The third-order valence-electron chi connectivity index (χ3n) is 4.08. The van der Waals surface area contributed by atoms with Gasteiger partial charge in [-0.25, -0.2) is 9.67 Å². The molecule has 106 valence electrons. The van der Waals surface area contributed by atoms with Gasteiger partial charge in [0, 0.05) is 0 Å². The molecule has 0 radical (unpaired) electrons. The molecule has 0 fully saturated rings. The van der Waals surface area contributed by atoms with Gasteiger partial charge >= 0.3 is 0 Å². The molecule has 3 rings (SSSR count). The lowest BCUT2D eigenvalue weighted by Gasteiger charge is -2.29. The molecule has 0 saturated heterocycles. The maximum atomic E-state index is 6.24. The monoisotopic (exact) mass is 271 g/mol. The van der Waals surface area contributed by atoms with E-state index in [1.807, 2.05) is 4.68 Å². The van der Waals surface area contributed by atoms with Gasteiger partial charge in [0.05, 0.1) is 13.2 Å². The van der Waals surface area contributed by atoms with Crippen molar-refractivity contribution in [2.75, 3.05) is 0 Å². The zero-order valence-electron chi connectivity index (χ0n) is 12.0. The quantitative estimate of drug-likeness (QED) is 0.757. The van der Waals surface area contributed by atoms with E-state index in [1.54, 1.807) is 12.7 Å². The number of ether oxygens (including phenoxy) is 1. The first-order valence-corrected chi connectivity index (χ1v) is 7.39. The largest absolute Gasteiger partial charge is 0.364 e. The van der Waals surface area contributed by atoms with Gasteiger partial charge in [0.15, 0.2) is 0 Å². The van der Waals surface area contributed by atoms with E-state index in [2.05, 4.69) is 41.3 Å². The van der Waals surface area contributed by atoms with Crippen LogP contribution in [0.4, 0.5) is 0 Å². The Labute approximate surface area is 119 Å². The topological polar surface area (TPSA) is 39.9 Å². The number of fused-ring (bicyclic) bond motifs is 1. The zero-order valence-corrected chi connectivity index (χ0v) is 12.0. The zero-order chi connectivity index (χ0) is 13.8. The van der Waals surface area contributed by atoms with Crippen LogP contribution in [0.1, 0.15) is 43.7 Å². The molecule has 0 bridgehead atoms. The Balaban J connectivity index is 1.88. The Morgan fingerprint density at radius 3 is 3.00 bits per heavy atom. The lowest BCUT2D eigenvalue weighted by Crippen LogP contribution is -2.31. The minimum atomic E-state index is -0.237. The van der Waals surface area contributed by atoms with Crippen molar-refractivity contribution < 1.29 is 4.74 Å². The fourth-order valence-electron chi connectivity index (χ4n) is 3.04. The lowest BCUT2D eigenvalue weighted by atomic mass is 9.87. The van der Waals surface area contributed by atoms with Crippen LogP contribution >= 0.6 is 0 Å². The first-order chi connectivity index (χ1) is 9.84. The van der Waals surface area contributed by atoms with Gasteiger partial charge in [-0.3, -0.25) is 0 Å². The fraction of sp³-hybridized carbons (Fsp3) is 0.500. The molecule has 4 nitrogen and oxygen atoms in total. The number of aromatic nitrogens is 3. The van der Waals surface area contributed by atoms with Crippen molar-refractivity contribution in [1.29, 1.82) is 0 Å². The predicted octanol–water partition coefficient (Wildman–Crippen LogP) is 3.28. The number of unbranched alkanes of at least 4 members (excludes halogenated alkanes) is 2. The second-order valence-electron chi connectivity index (χ2n) is 5.49. The predicted molar refractivity (Wildman–Crippen MR) is 77.1 cm³/mol. The molecule has 2 heterocycles. The van der Waals surface area contributed by atoms with Crippen LogP contribution in [0, 0.1) is 0 Å². The van der Waals surface area contributed by atoms with Crippen molar-refractivity contribution in [3.8, 4) is 0 Å². The fourth-order valence-corrected chi connectivity index (χ4v) is 3.04. The molecule has 0 N–H and O–H groups in total. The summed E-state index contributed by atoms with van der Waals surface area (Å²) in [5.41, 5.74) is 2.40. The number of benzene rings is 1. The molecule has 0 saturated carbocycles. The molecule has 0 spiro atoms. The molecule has 1 atom stereocenters. The molecule has 1 aliphatic rings. The third-order valence-corrected chi connectivity index (χ3v) is 4.08. The Morgan fingerprint density at radius 1 is 1.30 bits per heavy atom. The van der Waals surface area contributed by atoms with Crippen LogP contribution < -0.4 is 0 Å². The molecule has 1 aliphatic heterocycles. The average molecular weight is 271 g/mol.